The molecule has 1 heterocycles. The van der Waals surface area contributed by atoms with Gasteiger partial charge in [0.05, 0.1) is 5.71 Å². The summed E-state index contributed by atoms with van der Waals surface area (Å²) in [4.78, 5) is 0. The molecular formula is C11H11F2N3. The number of rotatable bonds is 1. The van der Waals surface area contributed by atoms with Crippen molar-refractivity contribution in [1.29, 1.82) is 0 Å². The van der Waals surface area contributed by atoms with Crippen LogP contribution < -0.4 is 5.73 Å². The summed E-state index contributed by atoms with van der Waals surface area (Å²) >= 11 is 0. The highest BCUT2D eigenvalue weighted by molar-refractivity contribution is 6.05. The van der Waals surface area contributed by atoms with Crippen molar-refractivity contribution in [2.75, 3.05) is 0 Å². The van der Waals surface area contributed by atoms with Gasteiger partial charge >= 0.3 is 0 Å². The molecule has 0 spiro atoms. The number of nitrogens with two attached hydrogens (primary N) is 1. The van der Waals surface area contributed by atoms with Crippen LogP contribution in [0.3, 0.4) is 0 Å². The van der Waals surface area contributed by atoms with Crippen LogP contribution in [0.25, 0.3) is 0 Å². The number of nitrogens with zero attached hydrogens (tertiary/aromatic N) is 2. The van der Waals surface area contributed by atoms with Gasteiger partial charge in [0, 0.05) is 17.9 Å². The van der Waals surface area contributed by atoms with E-state index in [1.807, 2.05) is 6.92 Å². The Morgan fingerprint density at radius 1 is 1.25 bits per heavy atom. The molecule has 0 saturated carbocycles. The summed E-state index contributed by atoms with van der Waals surface area (Å²) in [5.74, 6) is -1.23. The molecule has 0 amide bonds. The second-order valence-corrected chi connectivity index (χ2v) is 3.81. The number of amidine groups is 1. The van der Waals surface area contributed by atoms with Crippen LogP contribution in [0.1, 0.15) is 18.9 Å². The van der Waals surface area contributed by atoms with Gasteiger partial charge < -0.3 is 5.73 Å². The van der Waals surface area contributed by atoms with Gasteiger partial charge in [0.2, 0.25) is 0 Å². The molecule has 1 unspecified atom stereocenters. The molecule has 2 rings (SSSR count). The highest BCUT2D eigenvalue weighted by atomic mass is 19.2. The Balaban J connectivity index is 2.41. The lowest BCUT2D eigenvalue weighted by Crippen LogP contribution is -2.25. The highest BCUT2D eigenvalue weighted by Gasteiger charge is 2.19. The van der Waals surface area contributed by atoms with E-state index in [4.69, 9.17) is 5.73 Å². The van der Waals surface area contributed by atoms with Crippen molar-refractivity contribution in [3.8, 4) is 0 Å². The van der Waals surface area contributed by atoms with Crippen LogP contribution in [0, 0.1) is 17.6 Å². The summed E-state index contributed by atoms with van der Waals surface area (Å²) in [7, 11) is 0. The maximum atomic E-state index is 13.0. The lowest BCUT2D eigenvalue weighted by Gasteiger charge is -2.17. The lowest BCUT2D eigenvalue weighted by atomic mass is 9.94. The molecule has 1 aromatic rings. The summed E-state index contributed by atoms with van der Waals surface area (Å²) in [6, 6.07) is 3.70. The Morgan fingerprint density at radius 3 is 2.62 bits per heavy atom. The molecule has 1 atom stereocenters. The van der Waals surface area contributed by atoms with Gasteiger partial charge in [-0.15, -0.1) is 5.10 Å². The monoisotopic (exact) mass is 223 g/mol. The topological polar surface area (TPSA) is 50.7 Å². The van der Waals surface area contributed by atoms with Gasteiger partial charge in [-0.3, -0.25) is 0 Å². The summed E-state index contributed by atoms with van der Waals surface area (Å²) in [5, 5.41) is 7.68. The first-order chi connectivity index (χ1) is 7.58. The third-order valence-corrected chi connectivity index (χ3v) is 2.48. The second kappa shape index (κ2) is 4.00. The molecule has 1 aliphatic rings. The van der Waals surface area contributed by atoms with Crippen molar-refractivity contribution in [3.63, 3.8) is 0 Å². The number of hydrogen-bond acceptors (Lipinski definition) is 3. The van der Waals surface area contributed by atoms with E-state index in [1.165, 1.54) is 6.07 Å². The van der Waals surface area contributed by atoms with Gasteiger partial charge in [-0.2, -0.15) is 5.10 Å². The van der Waals surface area contributed by atoms with Crippen LogP contribution in [-0.2, 0) is 0 Å². The van der Waals surface area contributed by atoms with E-state index in [9.17, 15) is 8.78 Å². The van der Waals surface area contributed by atoms with E-state index in [1.54, 1.807) is 0 Å². The minimum Gasteiger partial charge on any atom is -0.386 e. The van der Waals surface area contributed by atoms with Crippen LogP contribution in [0.15, 0.2) is 28.4 Å². The molecule has 0 fully saturated rings. The Labute approximate surface area is 91.7 Å². The van der Waals surface area contributed by atoms with Crippen LogP contribution >= 0.6 is 0 Å². The van der Waals surface area contributed by atoms with Gasteiger partial charge in [0.25, 0.3) is 0 Å². The van der Waals surface area contributed by atoms with Crippen LogP contribution in [0.2, 0.25) is 0 Å². The zero-order chi connectivity index (χ0) is 11.7. The minimum atomic E-state index is -0.880. The fraction of sp³-hybridized carbons (Fsp3) is 0.273. The summed E-state index contributed by atoms with van der Waals surface area (Å²) < 4.78 is 25.8. The molecule has 0 aromatic heterocycles. The first-order valence-corrected chi connectivity index (χ1v) is 4.93. The highest BCUT2D eigenvalue weighted by Crippen LogP contribution is 2.19. The molecule has 16 heavy (non-hydrogen) atoms. The predicted molar refractivity (Wildman–Crippen MR) is 58.3 cm³/mol. The van der Waals surface area contributed by atoms with E-state index in [2.05, 4.69) is 10.2 Å². The van der Waals surface area contributed by atoms with Gasteiger partial charge in [-0.25, -0.2) is 8.78 Å². The summed E-state index contributed by atoms with van der Waals surface area (Å²) in [6.45, 7) is 1.92. The molecular weight excluding hydrogens is 212 g/mol. The lowest BCUT2D eigenvalue weighted by molar-refractivity contribution is 0.508. The quantitative estimate of drug-likeness (QED) is 0.778. The molecule has 0 saturated heterocycles. The van der Waals surface area contributed by atoms with Crippen LogP contribution in [0.4, 0.5) is 8.78 Å². The average Bonchev–Trinajstić information content (AvgIpc) is 2.22. The number of halogens is 2. The van der Waals surface area contributed by atoms with Crippen molar-refractivity contribution in [1.82, 2.24) is 0 Å². The van der Waals surface area contributed by atoms with Crippen molar-refractivity contribution in [3.05, 3.63) is 35.4 Å². The Morgan fingerprint density at radius 2 is 2.00 bits per heavy atom. The molecule has 0 bridgehead atoms. The van der Waals surface area contributed by atoms with Crippen molar-refractivity contribution in [2.45, 2.75) is 13.3 Å². The van der Waals surface area contributed by atoms with Gasteiger partial charge in [0.15, 0.2) is 11.6 Å². The average molecular weight is 223 g/mol. The summed E-state index contributed by atoms with van der Waals surface area (Å²) in [5.41, 5.74) is 6.70. The van der Waals surface area contributed by atoms with E-state index in [0.29, 0.717) is 23.5 Å². The van der Waals surface area contributed by atoms with Crippen molar-refractivity contribution in [2.24, 2.45) is 21.9 Å². The van der Waals surface area contributed by atoms with Crippen LogP contribution in [-0.4, -0.2) is 11.5 Å². The zero-order valence-electron chi connectivity index (χ0n) is 8.74. The summed E-state index contributed by atoms with van der Waals surface area (Å²) in [6.07, 6.45) is 0.581. The van der Waals surface area contributed by atoms with Gasteiger partial charge in [-0.05, 0) is 18.2 Å². The zero-order valence-corrected chi connectivity index (χ0v) is 8.74. The molecule has 2 N–H and O–H groups in total. The minimum absolute atomic E-state index is 0.0577. The molecule has 3 nitrogen and oxygen atoms in total. The predicted octanol–water partition coefficient (Wildman–Crippen LogP) is 2.07. The largest absolute Gasteiger partial charge is 0.386 e. The van der Waals surface area contributed by atoms with Gasteiger partial charge in [0.1, 0.15) is 5.84 Å². The molecule has 1 aliphatic heterocycles. The standard InChI is InChI=1S/C11H11F2N3/c1-6-4-10(14)15-16-11(6)7-2-3-8(12)9(13)5-7/h2-3,5-6H,4H2,1H3,(H2,14,15). The van der Waals surface area contributed by atoms with Crippen LogP contribution in [0.5, 0.6) is 0 Å². The molecule has 1 aromatic carbocycles. The normalized spacial score (nSPS) is 20.3. The maximum absolute atomic E-state index is 13.0. The Kier molecular flexibility index (Phi) is 2.68. The fourth-order valence-corrected chi connectivity index (χ4v) is 1.67. The third kappa shape index (κ3) is 1.93. The molecule has 0 aliphatic carbocycles. The molecule has 84 valence electrons. The van der Waals surface area contributed by atoms with E-state index < -0.39 is 11.6 Å². The first kappa shape index (κ1) is 10.7. The van der Waals surface area contributed by atoms with Crippen molar-refractivity contribution < 1.29 is 8.78 Å². The SMILES string of the molecule is CC1CC(N)=NN=C1c1ccc(F)c(F)c1. The second-order valence-electron chi connectivity index (χ2n) is 3.81. The van der Waals surface area contributed by atoms with E-state index in [0.717, 1.165) is 12.1 Å². The van der Waals surface area contributed by atoms with E-state index in [-0.39, 0.29) is 5.92 Å². The number of hydrogen-bond donors (Lipinski definition) is 1. The van der Waals surface area contributed by atoms with Gasteiger partial charge in [-0.1, -0.05) is 6.92 Å². The number of benzene rings is 1. The Bertz CT molecular complexity index is 480. The molecule has 0 radical (unpaired) electrons. The third-order valence-electron chi connectivity index (χ3n) is 2.48. The fourth-order valence-electron chi connectivity index (χ4n) is 1.67. The van der Waals surface area contributed by atoms with E-state index >= 15 is 0 Å². The molecule has 5 heteroatoms. The maximum Gasteiger partial charge on any atom is 0.159 e. The van der Waals surface area contributed by atoms with Crippen molar-refractivity contribution >= 4 is 11.5 Å². The Hall–Kier alpha value is -1.78. The first-order valence-electron chi connectivity index (χ1n) is 4.93. The smallest absolute Gasteiger partial charge is 0.159 e.